The van der Waals surface area contributed by atoms with Gasteiger partial charge < -0.3 is 10.6 Å². The molecule has 3 nitrogen and oxygen atoms in total. The number of amidine groups is 1. The Morgan fingerprint density at radius 3 is 2.45 bits per heavy atom. The Balaban J connectivity index is 2.34. The van der Waals surface area contributed by atoms with E-state index in [1.165, 1.54) is 5.56 Å². The largest absolute Gasteiger partial charge is 0.384 e. The number of nitrogens with two attached hydrogens (primary N) is 1. The van der Waals surface area contributed by atoms with Crippen LogP contribution < -0.4 is 10.6 Å². The molecule has 2 rings (SSSR count). The van der Waals surface area contributed by atoms with Crippen LogP contribution in [0.5, 0.6) is 0 Å². The third kappa shape index (κ3) is 3.14. The Kier molecular flexibility index (Phi) is 4.69. The van der Waals surface area contributed by atoms with Gasteiger partial charge in [-0.2, -0.15) is 0 Å². The lowest BCUT2D eigenvalue weighted by molar-refractivity contribution is 0.918. The van der Waals surface area contributed by atoms with Gasteiger partial charge in [-0.15, -0.1) is 11.8 Å². The van der Waals surface area contributed by atoms with Gasteiger partial charge in [0.15, 0.2) is 0 Å². The van der Waals surface area contributed by atoms with Crippen LogP contribution in [0.3, 0.4) is 0 Å². The second-order valence-electron chi connectivity index (χ2n) is 4.61. The SMILES string of the molecule is CSc1cccc(N(C)Cc2ccccc2)c1C(=N)N. The van der Waals surface area contributed by atoms with Crippen LogP contribution in [0.2, 0.25) is 0 Å². The van der Waals surface area contributed by atoms with E-state index in [0.29, 0.717) is 0 Å². The van der Waals surface area contributed by atoms with E-state index in [4.69, 9.17) is 11.1 Å². The quantitative estimate of drug-likeness (QED) is 0.503. The Labute approximate surface area is 124 Å². The van der Waals surface area contributed by atoms with Gasteiger partial charge in [-0.05, 0) is 24.0 Å². The maximum absolute atomic E-state index is 7.83. The second-order valence-corrected chi connectivity index (χ2v) is 5.46. The molecular formula is C16H19N3S. The second kappa shape index (κ2) is 6.48. The van der Waals surface area contributed by atoms with Crippen molar-refractivity contribution in [3.05, 3.63) is 59.7 Å². The van der Waals surface area contributed by atoms with Crippen molar-refractivity contribution in [1.82, 2.24) is 0 Å². The molecule has 0 aliphatic heterocycles. The fourth-order valence-electron chi connectivity index (χ4n) is 2.22. The van der Waals surface area contributed by atoms with Crippen molar-refractivity contribution < 1.29 is 0 Å². The van der Waals surface area contributed by atoms with E-state index >= 15 is 0 Å². The highest BCUT2D eigenvalue weighted by Crippen LogP contribution is 2.29. The third-order valence-electron chi connectivity index (χ3n) is 3.17. The Morgan fingerprint density at radius 2 is 1.85 bits per heavy atom. The zero-order valence-corrected chi connectivity index (χ0v) is 12.6. The summed E-state index contributed by atoms with van der Waals surface area (Å²) in [5.41, 5.74) is 8.81. The Morgan fingerprint density at radius 1 is 1.15 bits per heavy atom. The average molecular weight is 285 g/mol. The highest BCUT2D eigenvalue weighted by atomic mass is 32.2. The van der Waals surface area contributed by atoms with Crippen LogP contribution in [-0.4, -0.2) is 19.1 Å². The van der Waals surface area contributed by atoms with Gasteiger partial charge >= 0.3 is 0 Å². The fourth-order valence-corrected chi connectivity index (χ4v) is 2.85. The standard InChI is InChI=1S/C16H19N3S/c1-19(11-12-7-4-3-5-8-12)13-9-6-10-14(20-2)15(13)16(17)18/h3-10H,11H2,1-2H3,(H3,17,18). The molecule has 0 unspecified atom stereocenters. The van der Waals surface area contributed by atoms with Crippen molar-refractivity contribution in [1.29, 1.82) is 5.41 Å². The molecule has 0 saturated carbocycles. The van der Waals surface area contributed by atoms with Gasteiger partial charge in [0.05, 0.1) is 5.56 Å². The van der Waals surface area contributed by atoms with Crippen LogP contribution in [0.15, 0.2) is 53.4 Å². The predicted octanol–water partition coefficient (Wildman–Crippen LogP) is 3.33. The molecule has 2 aromatic carbocycles. The van der Waals surface area contributed by atoms with E-state index in [0.717, 1.165) is 22.7 Å². The molecule has 4 heteroatoms. The Hall–Kier alpha value is -1.94. The van der Waals surface area contributed by atoms with Gasteiger partial charge in [0.2, 0.25) is 0 Å². The summed E-state index contributed by atoms with van der Waals surface area (Å²) in [5, 5.41) is 7.83. The van der Waals surface area contributed by atoms with Gasteiger partial charge in [-0.3, -0.25) is 5.41 Å². The molecule has 3 N–H and O–H groups in total. The van der Waals surface area contributed by atoms with E-state index in [1.807, 2.05) is 49.7 Å². The summed E-state index contributed by atoms with van der Waals surface area (Å²) in [7, 11) is 2.03. The van der Waals surface area contributed by atoms with Crippen molar-refractivity contribution in [2.24, 2.45) is 5.73 Å². The molecule has 0 atom stereocenters. The molecule has 0 radical (unpaired) electrons. The van der Waals surface area contributed by atoms with Crippen LogP contribution in [0.25, 0.3) is 0 Å². The average Bonchev–Trinajstić information content (AvgIpc) is 2.47. The monoisotopic (exact) mass is 285 g/mol. The molecule has 0 fully saturated rings. The highest BCUT2D eigenvalue weighted by Gasteiger charge is 2.14. The first-order chi connectivity index (χ1) is 9.63. The van der Waals surface area contributed by atoms with E-state index in [9.17, 15) is 0 Å². The first kappa shape index (κ1) is 14.5. The molecule has 0 heterocycles. The van der Waals surface area contributed by atoms with Gasteiger partial charge in [0.1, 0.15) is 5.84 Å². The summed E-state index contributed by atoms with van der Waals surface area (Å²) in [6.07, 6.45) is 2.00. The number of rotatable bonds is 5. The molecule has 2 aromatic rings. The molecule has 0 aromatic heterocycles. The Bertz CT molecular complexity index is 596. The number of nitrogens with one attached hydrogen (secondary N) is 1. The van der Waals surface area contributed by atoms with E-state index < -0.39 is 0 Å². The zero-order valence-electron chi connectivity index (χ0n) is 11.8. The van der Waals surface area contributed by atoms with Crippen molar-refractivity contribution in [3.8, 4) is 0 Å². The van der Waals surface area contributed by atoms with Crippen LogP contribution in [0, 0.1) is 5.41 Å². The molecule has 0 bridgehead atoms. The highest BCUT2D eigenvalue weighted by molar-refractivity contribution is 7.98. The summed E-state index contributed by atoms with van der Waals surface area (Å²) in [6.45, 7) is 0.791. The lowest BCUT2D eigenvalue weighted by Crippen LogP contribution is -2.22. The number of hydrogen-bond acceptors (Lipinski definition) is 3. The van der Waals surface area contributed by atoms with Crippen molar-refractivity contribution in [3.63, 3.8) is 0 Å². The molecule has 0 amide bonds. The fraction of sp³-hybridized carbons (Fsp3) is 0.188. The lowest BCUT2D eigenvalue weighted by atomic mass is 10.1. The molecule has 0 spiro atoms. The maximum atomic E-state index is 7.83. The smallest absolute Gasteiger partial charge is 0.126 e. The molecule has 0 aliphatic rings. The molecule has 104 valence electrons. The van der Waals surface area contributed by atoms with Crippen molar-refractivity contribution in [2.75, 3.05) is 18.2 Å². The first-order valence-corrected chi connectivity index (χ1v) is 7.62. The third-order valence-corrected chi connectivity index (χ3v) is 3.95. The maximum Gasteiger partial charge on any atom is 0.126 e. The molecule has 0 aliphatic carbocycles. The van der Waals surface area contributed by atoms with Gasteiger partial charge in [-0.1, -0.05) is 36.4 Å². The summed E-state index contributed by atoms with van der Waals surface area (Å²) in [6, 6.07) is 16.3. The van der Waals surface area contributed by atoms with Crippen LogP contribution in [-0.2, 0) is 6.54 Å². The normalized spacial score (nSPS) is 10.3. The van der Waals surface area contributed by atoms with Crippen molar-refractivity contribution >= 4 is 23.3 Å². The van der Waals surface area contributed by atoms with Gasteiger partial charge in [0.25, 0.3) is 0 Å². The number of anilines is 1. The lowest BCUT2D eigenvalue weighted by Gasteiger charge is -2.23. The van der Waals surface area contributed by atoms with Gasteiger partial charge in [0, 0.05) is 24.2 Å². The minimum absolute atomic E-state index is 0.116. The topological polar surface area (TPSA) is 53.1 Å². The van der Waals surface area contributed by atoms with E-state index in [1.54, 1.807) is 11.8 Å². The number of nitrogen functional groups attached to an aromatic ring is 1. The van der Waals surface area contributed by atoms with Crippen LogP contribution >= 0.6 is 11.8 Å². The van der Waals surface area contributed by atoms with Gasteiger partial charge in [-0.25, -0.2) is 0 Å². The number of hydrogen-bond donors (Lipinski definition) is 2. The number of benzene rings is 2. The van der Waals surface area contributed by atoms with Crippen LogP contribution in [0.4, 0.5) is 5.69 Å². The van der Waals surface area contributed by atoms with E-state index in [2.05, 4.69) is 17.0 Å². The van der Waals surface area contributed by atoms with Crippen LogP contribution in [0.1, 0.15) is 11.1 Å². The summed E-state index contributed by atoms with van der Waals surface area (Å²) in [4.78, 5) is 3.17. The summed E-state index contributed by atoms with van der Waals surface area (Å²) in [5.74, 6) is 0.116. The summed E-state index contributed by atoms with van der Waals surface area (Å²) >= 11 is 1.61. The zero-order chi connectivity index (χ0) is 14.5. The number of nitrogens with zero attached hydrogens (tertiary/aromatic N) is 1. The minimum atomic E-state index is 0.116. The number of thioether (sulfide) groups is 1. The molecule has 20 heavy (non-hydrogen) atoms. The predicted molar refractivity (Wildman–Crippen MR) is 87.8 cm³/mol. The minimum Gasteiger partial charge on any atom is -0.384 e. The molecule has 0 saturated heterocycles. The van der Waals surface area contributed by atoms with Crippen molar-refractivity contribution in [2.45, 2.75) is 11.4 Å². The first-order valence-electron chi connectivity index (χ1n) is 6.40. The molecular weight excluding hydrogens is 266 g/mol. The van der Waals surface area contributed by atoms with E-state index in [-0.39, 0.29) is 5.84 Å². The summed E-state index contributed by atoms with van der Waals surface area (Å²) < 4.78 is 0.